The van der Waals surface area contributed by atoms with Crippen molar-refractivity contribution in [3.8, 4) is 0 Å². The van der Waals surface area contributed by atoms with Crippen LogP contribution in [0.3, 0.4) is 0 Å². The molecule has 0 saturated heterocycles. The fourth-order valence-corrected chi connectivity index (χ4v) is 1.56. The van der Waals surface area contributed by atoms with Gasteiger partial charge in [-0.2, -0.15) is 5.10 Å². The number of hydrogen-bond acceptors (Lipinski definition) is 3. The number of benzene rings is 1. The first-order chi connectivity index (χ1) is 9.60. The van der Waals surface area contributed by atoms with E-state index in [9.17, 15) is 9.59 Å². The zero-order valence-electron chi connectivity index (χ0n) is 12.2. The Morgan fingerprint density at radius 3 is 2.10 bits per heavy atom. The van der Waals surface area contributed by atoms with Crippen LogP contribution >= 0.6 is 0 Å². The lowest BCUT2D eigenvalue weighted by atomic mass is 10.2. The van der Waals surface area contributed by atoms with E-state index >= 15 is 0 Å². The molecule has 0 saturated carbocycles. The third-order valence-electron chi connectivity index (χ3n) is 2.88. The maximum atomic E-state index is 11.9. The van der Waals surface area contributed by atoms with E-state index in [4.69, 9.17) is 0 Å². The maximum absolute atomic E-state index is 11.9. The number of nitrogens with zero attached hydrogens (tertiary/aromatic N) is 1. The Kier molecular flexibility index (Phi) is 6.43. The molecule has 1 aromatic carbocycles. The molecule has 0 radical (unpaired) electrons. The Bertz CT molecular complexity index is 486. The van der Waals surface area contributed by atoms with Gasteiger partial charge in [0.15, 0.2) is 0 Å². The van der Waals surface area contributed by atoms with Gasteiger partial charge in [0.25, 0.3) is 5.91 Å². The quantitative estimate of drug-likeness (QED) is 0.619. The second kappa shape index (κ2) is 8.09. The van der Waals surface area contributed by atoms with Crippen molar-refractivity contribution in [2.45, 2.75) is 40.0 Å². The van der Waals surface area contributed by atoms with E-state index < -0.39 is 0 Å². The molecular formula is C15H21N3O2. The van der Waals surface area contributed by atoms with Gasteiger partial charge in [0.1, 0.15) is 0 Å². The maximum Gasteiger partial charge on any atom is 0.271 e. The van der Waals surface area contributed by atoms with Crippen LogP contribution in [0, 0.1) is 0 Å². The minimum absolute atomic E-state index is 0.0534. The average Bonchev–Trinajstić information content (AvgIpc) is 2.48. The van der Waals surface area contributed by atoms with Crippen LogP contribution in [0.1, 0.15) is 50.4 Å². The Hall–Kier alpha value is -2.17. The highest BCUT2D eigenvalue weighted by atomic mass is 16.2. The topological polar surface area (TPSA) is 70.6 Å². The molecule has 2 N–H and O–H groups in total. The first kappa shape index (κ1) is 15.9. The molecule has 5 heteroatoms. The molecule has 1 rings (SSSR count). The van der Waals surface area contributed by atoms with Crippen molar-refractivity contribution in [2.24, 2.45) is 5.10 Å². The first-order valence-electron chi connectivity index (χ1n) is 6.86. The minimum atomic E-state index is -0.252. The first-order valence-corrected chi connectivity index (χ1v) is 6.86. The number of nitrogens with one attached hydrogen (secondary N) is 2. The summed E-state index contributed by atoms with van der Waals surface area (Å²) in [6.07, 6.45) is 2.06. The van der Waals surface area contributed by atoms with Crippen LogP contribution in [0.4, 0.5) is 5.69 Å². The summed E-state index contributed by atoms with van der Waals surface area (Å²) < 4.78 is 0. The van der Waals surface area contributed by atoms with Crippen molar-refractivity contribution in [1.29, 1.82) is 0 Å². The number of rotatable bonds is 6. The van der Waals surface area contributed by atoms with Crippen molar-refractivity contribution < 1.29 is 9.59 Å². The van der Waals surface area contributed by atoms with E-state index in [-0.39, 0.29) is 11.8 Å². The third kappa shape index (κ3) is 4.84. The SMILES string of the molecule is CCC(=O)Nc1ccc(C(=O)NN=C(CC)CC)cc1. The number of carbonyl (C=O) groups is 2. The van der Waals surface area contributed by atoms with E-state index in [1.54, 1.807) is 31.2 Å². The second-order valence-corrected chi connectivity index (χ2v) is 4.31. The van der Waals surface area contributed by atoms with Crippen LogP contribution < -0.4 is 10.7 Å². The molecule has 0 heterocycles. The number of carbonyl (C=O) groups excluding carboxylic acids is 2. The van der Waals surface area contributed by atoms with Gasteiger partial charge in [-0.05, 0) is 37.1 Å². The van der Waals surface area contributed by atoms with Crippen molar-refractivity contribution in [3.05, 3.63) is 29.8 Å². The average molecular weight is 275 g/mol. The van der Waals surface area contributed by atoms with Crippen LogP contribution in [0.15, 0.2) is 29.4 Å². The molecule has 1 aromatic rings. The number of anilines is 1. The zero-order chi connectivity index (χ0) is 15.0. The summed E-state index contributed by atoms with van der Waals surface area (Å²) in [5.74, 6) is -0.305. The van der Waals surface area contributed by atoms with Crippen molar-refractivity contribution >= 4 is 23.2 Å². The normalized spacial score (nSPS) is 9.75. The van der Waals surface area contributed by atoms with E-state index in [1.807, 2.05) is 13.8 Å². The van der Waals surface area contributed by atoms with Crippen LogP contribution in [-0.4, -0.2) is 17.5 Å². The smallest absolute Gasteiger partial charge is 0.271 e. The lowest BCUT2D eigenvalue weighted by Crippen LogP contribution is -2.19. The molecule has 0 aliphatic rings. The van der Waals surface area contributed by atoms with Gasteiger partial charge in [0.2, 0.25) is 5.91 Å². The lowest BCUT2D eigenvalue weighted by molar-refractivity contribution is -0.115. The van der Waals surface area contributed by atoms with Gasteiger partial charge in [-0.3, -0.25) is 9.59 Å². The molecule has 0 aliphatic carbocycles. The van der Waals surface area contributed by atoms with Gasteiger partial charge >= 0.3 is 0 Å². The molecule has 0 bridgehead atoms. The Balaban J connectivity index is 2.66. The largest absolute Gasteiger partial charge is 0.326 e. The fraction of sp³-hybridized carbons (Fsp3) is 0.400. The number of hydrazone groups is 1. The van der Waals surface area contributed by atoms with Crippen LogP contribution in [0.5, 0.6) is 0 Å². The highest BCUT2D eigenvalue weighted by molar-refractivity contribution is 5.96. The summed E-state index contributed by atoms with van der Waals surface area (Å²) in [6, 6.07) is 6.72. The summed E-state index contributed by atoms with van der Waals surface area (Å²) in [5.41, 5.74) is 4.67. The summed E-state index contributed by atoms with van der Waals surface area (Å²) in [5, 5.41) is 6.80. The highest BCUT2D eigenvalue weighted by Crippen LogP contribution is 2.10. The highest BCUT2D eigenvalue weighted by Gasteiger charge is 2.05. The predicted molar refractivity (Wildman–Crippen MR) is 80.8 cm³/mol. The molecule has 0 unspecified atom stereocenters. The van der Waals surface area contributed by atoms with Gasteiger partial charge in [0, 0.05) is 23.4 Å². The van der Waals surface area contributed by atoms with Crippen LogP contribution in [0.25, 0.3) is 0 Å². The standard InChI is InChI=1S/C15H21N3O2/c1-4-12(5-2)17-18-15(20)11-7-9-13(10-8-11)16-14(19)6-3/h7-10H,4-6H2,1-3H3,(H,16,19)(H,18,20). The molecule has 0 spiro atoms. The van der Waals surface area contributed by atoms with Gasteiger partial charge in [0.05, 0.1) is 0 Å². The molecule has 20 heavy (non-hydrogen) atoms. The van der Waals surface area contributed by atoms with E-state index in [0.29, 0.717) is 17.7 Å². The van der Waals surface area contributed by atoms with Crippen LogP contribution in [0.2, 0.25) is 0 Å². The van der Waals surface area contributed by atoms with Gasteiger partial charge in [-0.15, -0.1) is 0 Å². The Morgan fingerprint density at radius 1 is 1.00 bits per heavy atom. The van der Waals surface area contributed by atoms with Gasteiger partial charge in [-0.25, -0.2) is 5.43 Å². The van der Waals surface area contributed by atoms with E-state index in [0.717, 1.165) is 18.6 Å². The predicted octanol–water partition coefficient (Wildman–Crippen LogP) is 2.94. The molecule has 2 amide bonds. The monoisotopic (exact) mass is 275 g/mol. The number of amides is 2. The molecule has 0 aliphatic heterocycles. The van der Waals surface area contributed by atoms with E-state index in [1.165, 1.54) is 0 Å². The third-order valence-corrected chi connectivity index (χ3v) is 2.88. The molecule has 0 aromatic heterocycles. The summed E-state index contributed by atoms with van der Waals surface area (Å²) in [6.45, 7) is 5.79. The molecule has 0 atom stereocenters. The Labute approximate surface area is 119 Å². The molecule has 0 fully saturated rings. The number of hydrogen-bond donors (Lipinski definition) is 2. The molecule has 5 nitrogen and oxygen atoms in total. The van der Waals surface area contributed by atoms with Crippen molar-refractivity contribution in [2.75, 3.05) is 5.32 Å². The fourth-order valence-electron chi connectivity index (χ4n) is 1.56. The summed E-state index contributed by atoms with van der Waals surface area (Å²) >= 11 is 0. The van der Waals surface area contributed by atoms with Crippen molar-refractivity contribution in [3.63, 3.8) is 0 Å². The second-order valence-electron chi connectivity index (χ2n) is 4.31. The van der Waals surface area contributed by atoms with Gasteiger partial charge in [-0.1, -0.05) is 20.8 Å². The summed E-state index contributed by atoms with van der Waals surface area (Å²) in [4.78, 5) is 23.1. The lowest BCUT2D eigenvalue weighted by Gasteiger charge is -2.05. The molecule has 108 valence electrons. The van der Waals surface area contributed by atoms with Gasteiger partial charge < -0.3 is 5.32 Å². The molecular weight excluding hydrogens is 254 g/mol. The van der Waals surface area contributed by atoms with E-state index in [2.05, 4.69) is 15.8 Å². The Morgan fingerprint density at radius 2 is 1.60 bits per heavy atom. The van der Waals surface area contributed by atoms with Crippen LogP contribution in [-0.2, 0) is 4.79 Å². The summed E-state index contributed by atoms with van der Waals surface area (Å²) in [7, 11) is 0. The van der Waals surface area contributed by atoms with Crippen molar-refractivity contribution in [1.82, 2.24) is 5.43 Å². The zero-order valence-corrected chi connectivity index (χ0v) is 12.2. The minimum Gasteiger partial charge on any atom is -0.326 e.